The molecule has 4 aromatic carbocycles. The highest BCUT2D eigenvalue weighted by molar-refractivity contribution is 6.30. The van der Waals surface area contributed by atoms with Crippen LogP contribution in [0.2, 0.25) is 5.02 Å². The third kappa shape index (κ3) is 6.09. The van der Waals surface area contributed by atoms with Gasteiger partial charge in [0.1, 0.15) is 23.0 Å². The molecule has 1 N–H and O–H groups in total. The monoisotopic (exact) mass is 474 g/mol. The summed E-state index contributed by atoms with van der Waals surface area (Å²) in [7, 11) is 0. The van der Waals surface area contributed by atoms with Crippen LogP contribution in [-0.2, 0) is 11.2 Å². The first-order valence-electron chi connectivity index (χ1n) is 10.7. The molecule has 0 saturated heterocycles. The van der Waals surface area contributed by atoms with Crippen LogP contribution in [0.1, 0.15) is 16.7 Å². The topological polar surface area (TPSA) is 65.0 Å². The van der Waals surface area contributed by atoms with E-state index in [0.717, 1.165) is 16.7 Å². The number of rotatable bonds is 8. The van der Waals surface area contributed by atoms with Crippen molar-refractivity contribution < 1.29 is 24.1 Å². The zero-order chi connectivity index (χ0) is 24.1. The molecule has 0 aliphatic carbocycles. The van der Waals surface area contributed by atoms with E-state index in [9.17, 15) is 4.79 Å². The predicted octanol–water partition coefficient (Wildman–Crippen LogP) is 7.96. The Morgan fingerprint density at radius 1 is 0.735 bits per heavy atom. The van der Waals surface area contributed by atoms with E-state index in [1.165, 1.54) is 0 Å². The smallest absolute Gasteiger partial charge is 0.307 e. The van der Waals surface area contributed by atoms with Crippen LogP contribution < -0.4 is 14.2 Å². The predicted molar refractivity (Wildman–Crippen MR) is 132 cm³/mol. The van der Waals surface area contributed by atoms with E-state index in [1.807, 2.05) is 62.4 Å². The summed E-state index contributed by atoms with van der Waals surface area (Å²) < 4.78 is 18.2. The molecule has 0 fully saturated rings. The SMILES string of the molecule is Cc1cc(Oc2ccc(CC(=O)O)cc2C)cc(Oc2ccc(Cl)cc2Oc2ccccc2)c1. The Bertz CT molecular complexity index is 1320. The summed E-state index contributed by atoms with van der Waals surface area (Å²) in [5.74, 6) is 2.63. The van der Waals surface area contributed by atoms with Crippen molar-refractivity contribution in [3.05, 3.63) is 107 Å². The standard InChI is InChI=1S/C28H23ClO5/c1-18-12-23(33-25-10-8-20(14-19(25)2)15-28(30)31)17-24(13-18)34-26-11-9-21(29)16-27(26)32-22-6-4-3-5-7-22/h3-14,16-17H,15H2,1-2H3,(H,30,31). The molecule has 0 heterocycles. The summed E-state index contributed by atoms with van der Waals surface area (Å²) in [5, 5.41) is 9.54. The largest absolute Gasteiger partial charge is 0.481 e. The van der Waals surface area contributed by atoms with E-state index in [-0.39, 0.29) is 6.42 Å². The molecule has 4 rings (SSSR count). The van der Waals surface area contributed by atoms with Gasteiger partial charge in [-0.3, -0.25) is 4.79 Å². The lowest BCUT2D eigenvalue weighted by atomic mass is 10.1. The number of aliphatic carboxylic acids is 1. The number of carbonyl (C=O) groups is 1. The first-order chi connectivity index (χ1) is 16.4. The zero-order valence-electron chi connectivity index (χ0n) is 18.7. The number of benzene rings is 4. The highest BCUT2D eigenvalue weighted by Gasteiger charge is 2.12. The molecule has 0 amide bonds. The second-order valence-corrected chi connectivity index (χ2v) is 8.30. The molecule has 0 aromatic heterocycles. The van der Waals surface area contributed by atoms with Crippen molar-refractivity contribution in [1.29, 1.82) is 0 Å². The van der Waals surface area contributed by atoms with Crippen molar-refractivity contribution in [2.45, 2.75) is 20.3 Å². The Labute approximate surface area is 203 Å². The maximum atomic E-state index is 11.0. The van der Waals surface area contributed by atoms with Crippen molar-refractivity contribution in [3.63, 3.8) is 0 Å². The van der Waals surface area contributed by atoms with Crippen LogP contribution >= 0.6 is 11.6 Å². The molecule has 0 aliphatic rings. The van der Waals surface area contributed by atoms with Gasteiger partial charge >= 0.3 is 5.97 Å². The minimum atomic E-state index is -0.869. The Morgan fingerprint density at radius 2 is 1.38 bits per heavy atom. The van der Waals surface area contributed by atoms with Gasteiger partial charge in [-0.25, -0.2) is 0 Å². The summed E-state index contributed by atoms with van der Waals surface area (Å²) in [5.41, 5.74) is 2.52. The van der Waals surface area contributed by atoms with Crippen molar-refractivity contribution in [3.8, 4) is 34.5 Å². The second-order valence-electron chi connectivity index (χ2n) is 7.86. The lowest BCUT2D eigenvalue weighted by Gasteiger charge is -2.15. The fourth-order valence-electron chi connectivity index (χ4n) is 3.46. The number of hydrogen-bond donors (Lipinski definition) is 1. The average molecular weight is 475 g/mol. The second kappa shape index (κ2) is 10.3. The van der Waals surface area contributed by atoms with E-state index < -0.39 is 5.97 Å². The van der Waals surface area contributed by atoms with E-state index in [2.05, 4.69) is 0 Å². The normalized spacial score (nSPS) is 10.6. The molecule has 0 spiro atoms. The summed E-state index contributed by atoms with van der Waals surface area (Å²) in [4.78, 5) is 11.0. The van der Waals surface area contributed by atoms with Crippen LogP contribution in [0.4, 0.5) is 0 Å². The van der Waals surface area contributed by atoms with Crippen molar-refractivity contribution in [2.24, 2.45) is 0 Å². The molecule has 34 heavy (non-hydrogen) atoms. The van der Waals surface area contributed by atoms with Crippen LogP contribution in [-0.4, -0.2) is 11.1 Å². The molecule has 0 aliphatic heterocycles. The first kappa shape index (κ1) is 23.2. The van der Waals surface area contributed by atoms with Gasteiger partial charge in [-0.2, -0.15) is 0 Å². The van der Waals surface area contributed by atoms with Crippen molar-refractivity contribution in [2.75, 3.05) is 0 Å². The lowest BCUT2D eigenvalue weighted by molar-refractivity contribution is -0.136. The molecule has 4 aromatic rings. The third-order valence-corrected chi connectivity index (χ3v) is 5.19. The number of carboxylic acids is 1. The summed E-state index contributed by atoms with van der Waals surface area (Å²) in [6.45, 7) is 3.83. The Morgan fingerprint density at radius 3 is 2.06 bits per heavy atom. The number of ether oxygens (including phenoxy) is 3. The van der Waals surface area contributed by atoms with Gasteiger partial charge in [0.15, 0.2) is 11.5 Å². The Kier molecular flexibility index (Phi) is 7.04. The molecule has 0 radical (unpaired) electrons. The van der Waals surface area contributed by atoms with E-state index in [4.69, 9.17) is 30.9 Å². The van der Waals surface area contributed by atoms with Gasteiger partial charge in [-0.05, 0) is 73.0 Å². The van der Waals surface area contributed by atoms with Gasteiger partial charge in [0, 0.05) is 17.2 Å². The molecule has 0 unspecified atom stereocenters. The van der Waals surface area contributed by atoms with E-state index >= 15 is 0 Å². The first-order valence-corrected chi connectivity index (χ1v) is 11.0. The molecule has 0 atom stereocenters. The van der Waals surface area contributed by atoms with Gasteiger partial charge in [-0.15, -0.1) is 0 Å². The molecule has 0 bridgehead atoms. The molecule has 172 valence electrons. The lowest BCUT2D eigenvalue weighted by Crippen LogP contribution is -2.00. The fraction of sp³-hybridized carbons (Fsp3) is 0.107. The molecule has 6 heteroatoms. The Hall–Kier alpha value is -3.96. The van der Waals surface area contributed by atoms with Crippen LogP contribution in [0.25, 0.3) is 0 Å². The van der Waals surface area contributed by atoms with Gasteiger partial charge < -0.3 is 19.3 Å². The Balaban J connectivity index is 1.57. The summed E-state index contributed by atoms with van der Waals surface area (Å²) in [6, 6.07) is 25.6. The maximum absolute atomic E-state index is 11.0. The van der Waals surface area contributed by atoms with Gasteiger partial charge in [-0.1, -0.05) is 41.9 Å². The van der Waals surface area contributed by atoms with Crippen molar-refractivity contribution >= 4 is 17.6 Å². The quantitative estimate of drug-likeness (QED) is 0.280. The average Bonchev–Trinajstić information content (AvgIpc) is 2.77. The molecule has 5 nitrogen and oxygen atoms in total. The van der Waals surface area contributed by atoms with Crippen LogP contribution in [0, 0.1) is 13.8 Å². The van der Waals surface area contributed by atoms with Crippen LogP contribution in [0.5, 0.6) is 34.5 Å². The fourth-order valence-corrected chi connectivity index (χ4v) is 3.62. The summed E-state index contributed by atoms with van der Waals surface area (Å²) in [6.07, 6.45) is -0.0297. The zero-order valence-corrected chi connectivity index (χ0v) is 19.5. The van der Waals surface area contributed by atoms with Gasteiger partial charge in [0.2, 0.25) is 0 Å². The number of halogens is 1. The van der Waals surface area contributed by atoms with Crippen LogP contribution in [0.3, 0.4) is 0 Å². The van der Waals surface area contributed by atoms with E-state index in [1.54, 1.807) is 36.4 Å². The van der Waals surface area contributed by atoms with E-state index in [0.29, 0.717) is 39.5 Å². The summed E-state index contributed by atoms with van der Waals surface area (Å²) >= 11 is 6.19. The van der Waals surface area contributed by atoms with Gasteiger partial charge in [0.05, 0.1) is 6.42 Å². The number of hydrogen-bond acceptors (Lipinski definition) is 4. The highest BCUT2D eigenvalue weighted by Crippen LogP contribution is 2.38. The number of aryl methyl sites for hydroxylation is 2. The third-order valence-electron chi connectivity index (χ3n) is 4.95. The maximum Gasteiger partial charge on any atom is 0.307 e. The highest BCUT2D eigenvalue weighted by atomic mass is 35.5. The number of carboxylic acid groups (broad SMARTS) is 1. The molecule has 0 saturated carbocycles. The molecular formula is C28H23ClO5. The number of para-hydroxylation sites is 1. The van der Waals surface area contributed by atoms with Gasteiger partial charge in [0.25, 0.3) is 0 Å². The molecular weight excluding hydrogens is 452 g/mol. The minimum Gasteiger partial charge on any atom is -0.481 e. The minimum absolute atomic E-state index is 0.0297. The van der Waals surface area contributed by atoms with Crippen LogP contribution in [0.15, 0.2) is 84.9 Å². The van der Waals surface area contributed by atoms with Crippen molar-refractivity contribution in [1.82, 2.24) is 0 Å².